The Kier molecular flexibility index (Phi) is 5.17. The summed E-state index contributed by atoms with van der Waals surface area (Å²) in [6.45, 7) is 0.361. The normalized spacial score (nSPS) is 17.4. The first-order valence-corrected chi connectivity index (χ1v) is 8.49. The van der Waals surface area contributed by atoms with Crippen LogP contribution in [0.3, 0.4) is 0 Å². The van der Waals surface area contributed by atoms with Crippen molar-refractivity contribution in [3.8, 4) is 0 Å². The van der Waals surface area contributed by atoms with Gasteiger partial charge in [-0.2, -0.15) is 4.31 Å². The summed E-state index contributed by atoms with van der Waals surface area (Å²) in [5, 5.41) is 17.5. The van der Waals surface area contributed by atoms with E-state index in [1.54, 1.807) is 0 Å². The molecule has 23 heavy (non-hydrogen) atoms. The van der Waals surface area contributed by atoms with Gasteiger partial charge >= 0.3 is 11.9 Å². The quantitative estimate of drug-likeness (QED) is 0.781. The molecule has 0 unspecified atom stereocenters. The SMILES string of the molecule is O=C(O)/C=C/c1ccc(S(=O)(=O)N2CCC(C(=O)O)CC2)cc1. The molecular formula is C15H17NO6S. The smallest absolute Gasteiger partial charge is 0.328 e. The lowest BCUT2D eigenvalue weighted by molar-refractivity contribution is -0.143. The maximum atomic E-state index is 12.5. The summed E-state index contributed by atoms with van der Waals surface area (Å²) in [5.74, 6) is -2.47. The number of carboxylic acids is 2. The highest BCUT2D eigenvalue weighted by atomic mass is 32.2. The predicted octanol–water partition coefficient (Wildman–Crippen LogP) is 1.27. The molecule has 1 aliphatic rings. The molecule has 0 radical (unpaired) electrons. The molecule has 1 aromatic carbocycles. The lowest BCUT2D eigenvalue weighted by Gasteiger charge is -2.29. The van der Waals surface area contributed by atoms with Crippen LogP contribution in [0.1, 0.15) is 18.4 Å². The molecule has 2 rings (SSSR count). The Balaban J connectivity index is 2.11. The summed E-state index contributed by atoms with van der Waals surface area (Å²) in [6.07, 6.45) is 2.94. The van der Waals surface area contributed by atoms with Crippen molar-refractivity contribution in [1.29, 1.82) is 0 Å². The van der Waals surface area contributed by atoms with Crippen LogP contribution in [0.4, 0.5) is 0 Å². The largest absolute Gasteiger partial charge is 0.481 e. The first-order valence-electron chi connectivity index (χ1n) is 7.05. The van der Waals surface area contributed by atoms with Crippen LogP contribution in [0.5, 0.6) is 0 Å². The van der Waals surface area contributed by atoms with Gasteiger partial charge in [-0.15, -0.1) is 0 Å². The molecule has 1 fully saturated rings. The molecule has 0 amide bonds. The highest BCUT2D eigenvalue weighted by Gasteiger charge is 2.31. The van der Waals surface area contributed by atoms with E-state index in [-0.39, 0.29) is 18.0 Å². The number of nitrogens with zero attached hydrogens (tertiary/aromatic N) is 1. The number of piperidine rings is 1. The average Bonchev–Trinajstić information content (AvgIpc) is 2.53. The van der Waals surface area contributed by atoms with Gasteiger partial charge in [-0.1, -0.05) is 12.1 Å². The first kappa shape index (κ1) is 17.2. The Bertz CT molecular complexity index is 715. The van der Waals surface area contributed by atoms with Crippen molar-refractivity contribution in [3.05, 3.63) is 35.9 Å². The fourth-order valence-electron chi connectivity index (χ4n) is 2.41. The van der Waals surface area contributed by atoms with Gasteiger partial charge in [0.15, 0.2) is 0 Å². The van der Waals surface area contributed by atoms with E-state index in [9.17, 15) is 18.0 Å². The van der Waals surface area contributed by atoms with E-state index >= 15 is 0 Å². The van der Waals surface area contributed by atoms with Crippen molar-refractivity contribution in [2.24, 2.45) is 5.92 Å². The molecule has 0 aromatic heterocycles. The van der Waals surface area contributed by atoms with Crippen molar-refractivity contribution < 1.29 is 28.2 Å². The fourth-order valence-corrected chi connectivity index (χ4v) is 3.88. The summed E-state index contributed by atoms with van der Waals surface area (Å²) < 4.78 is 26.3. The minimum atomic E-state index is -3.66. The third-order valence-corrected chi connectivity index (χ3v) is 5.65. The van der Waals surface area contributed by atoms with Crippen LogP contribution >= 0.6 is 0 Å². The maximum Gasteiger partial charge on any atom is 0.328 e. The predicted molar refractivity (Wildman–Crippen MR) is 82.2 cm³/mol. The minimum absolute atomic E-state index is 0.110. The molecule has 1 heterocycles. The lowest BCUT2D eigenvalue weighted by atomic mass is 9.99. The number of carbonyl (C=O) groups is 2. The zero-order chi connectivity index (χ0) is 17.0. The number of hydrogen-bond acceptors (Lipinski definition) is 4. The van der Waals surface area contributed by atoms with Crippen LogP contribution < -0.4 is 0 Å². The number of benzene rings is 1. The number of aliphatic carboxylic acids is 2. The van der Waals surface area contributed by atoms with Crippen molar-refractivity contribution in [3.63, 3.8) is 0 Å². The third-order valence-electron chi connectivity index (χ3n) is 3.74. The van der Waals surface area contributed by atoms with E-state index < -0.39 is 27.9 Å². The molecule has 1 aromatic rings. The molecule has 1 aliphatic heterocycles. The summed E-state index contributed by atoms with van der Waals surface area (Å²) in [7, 11) is -3.66. The van der Waals surface area contributed by atoms with Crippen LogP contribution in [0.25, 0.3) is 6.08 Å². The first-order chi connectivity index (χ1) is 10.8. The van der Waals surface area contributed by atoms with Gasteiger partial charge in [-0.3, -0.25) is 4.79 Å². The Morgan fingerprint density at radius 3 is 2.13 bits per heavy atom. The van der Waals surface area contributed by atoms with Crippen LogP contribution in [-0.2, 0) is 19.6 Å². The number of carboxylic acid groups (broad SMARTS) is 2. The zero-order valence-corrected chi connectivity index (χ0v) is 13.1. The summed E-state index contributed by atoms with van der Waals surface area (Å²) >= 11 is 0. The second kappa shape index (κ2) is 6.93. The van der Waals surface area contributed by atoms with Gasteiger partial charge in [0.25, 0.3) is 0 Å². The van der Waals surface area contributed by atoms with E-state index in [4.69, 9.17) is 10.2 Å². The van der Waals surface area contributed by atoms with E-state index in [2.05, 4.69) is 0 Å². The number of hydrogen-bond donors (Lipinski definition) is 2. The highest BCUT2D eigenvalue weighted by Crippen LogP contribution is 2.24. The van der Waals surface area contributed by atoms with Crippen molar-refractivity contribution >= 4 is 28.0 Å². The Morgan fingerprint density at radius 2 is 1.65 bits per heavy atom. The highest BCUT2D eigenvalue weighted by molar-refractivity contribution is 7.89. The van der Waals surface area contributed by atoms with Crippen LogP contribution in [0.15, 0.2) is 35.2 Å². The van der Waals surface area contributed by atoms with Gasteiger partial charge in [0.05, 0.1) is 10.8 Å². The van der Waals surface area contributed by atoms with Gasteiger partial charge in [0, 0.05) is 19.2 Å². The molecule has 8 heteroatoms. The molecular weight excluding hydrogens is 322 g/mol. The molecule has 0 atom stereocenters. The van der Waals surface area contributed by atoms with Crippen molar-refractivity contribution in [2.75, 3.05) is 13.1 Å². The van der Waals surface area contributed by atoms with E-state index in [1.165, 1.54) is 34.6 Å². The van der Waals surface area contributed by atoms with Crippen LogP contribution in [0.2, 0.25) is 0 Å². The molecule has 0 aliphatic carbocycles. The van der Waals surface area contributed by atoms with Crippen LogP contribution in [0, 0.1) is 5.92 Å². The van der Waals surface area contributed by atoms with E-state index in [0.29, 0.717) is 18.4 Å². The lowest BCUT2D eigenvalue weighted by Crippen LogP contribution is -2.40. The van der Waals surface area contributed by atoms with Gasteiger partial charge < -0.3 is 10.2 Å². The number of sulfonamides is 1. The Labute approximate surface area is 133 Å². The van der Waals surface area contributed by atoms with Gasteiger partial charge in [-0.05, 0) is 36.6 Å². The average molecular weight is 339 g/mol. The molecule has 0 bridgehead atoms. The molecule has 124 valence electrons. The Morgan fingerprint density at radius 1 is 1.09 bits per heavy atom. The molecule has 0 spiro atoms. The summed E-state index contributed by atoms with van der Waals surface area (Å²) in [5.41, 5.74) is 0.580. The maximum absolute atomic E-state index is 12.5. The second-order valence-corrected chi connectivity index (χ2v) is 7.20. The fraction of sp³-hybridized carbons (Fsp3) is 0.333. The zero-order valence-electron chi connectivity index (χ0n) is 12.3. The molecule has 7 nitrogen and oxygen atoms in total. The molecule has 2 N–H and O–H groups in total. The standard InChI is InChI=1S/C15H17NO6S/c17-14(18)6-3-11-1-4-13(5-2-11)23(21,22)16-9-7-12(8-10-16)15(19)20/h1-6,12H,7-10H2,(H,17,18)(H,19,20)/b6-3+. The molecule has 0 saturated carbocycles. The van der Waals surface area contributed by atoms with Crippen molar-refractivity contribution in [2.45, 2.75) is 17.7 Å². The minimum Gasteiger partial charge on any atom is -0.481 e. The Hall–Kier alpha value is -2.19. The summed E-state index contributed by atoms with van der Waals surface area (Å²) in [6, 6.07) is 5.88. The topological polar surface area (TPSA) is 112 Å². The monoisotopic (exact) mass is 339 g/mol. The molecule has 1 saturated heterocycles. The number of rotatable bonds is 5. The van der Waals surface area contributed by atoms with Gasteiger partial charge in [0.2, 0.25) is 10.0 Å². The van der Waals surface area contributed by atoms with Gasteiger partial charge in [0.1, 0.15) is 0 Å². The van der Waals surface area contributed by atoms with E-state index in [1.807, 2.05) is 0 Å². The summed E-state index contributed by atoms with van der Waals surface area (Å²) in [4.78, 5) is 21.5. The third kappa shape index (κ3) is 4.17. The van der Waals surface area contributed by atoms with Gasteiger partial charge in [-0.25, -0.2) is 13.2 Å². The second-order valence-electron chi connectivity index (χ2n) is 5.26. The van der Waals surface area contributed by atoms with Crippen molar-refractivity contribution in [1.82, 2.24) is 4.31 Å². The van der Waals surface area contributed by atoms with E-state index in [0.717, 1.165) is 6.08 Å². The van der Waals surface area contributed by atoms with Crippen LogP contribution in [-0.4, -0.2) is 48.0 Å².